The minimum atomic E-state index is -1.30. The fourth-order valence-corrected chi connectivity index (χ4v) is 5.40. The average Bonchev–Trinajstić information content (AvgIpc) is 3.15. The van der Waals surface area contributed by atoms with Crippen LogP contribution in [0.3, 0.4) is 0 Å². The van der Waals surface area contributed by atoms with E-state index in [0.29, 0.717) is 44.3 Å². The number of amides is 5. The van der Waals surface area contributed by atoms with E-state index >= 15 is 0 Å². The zero-order valence-corrected chi connectivity index (χ0v) is 32.3. The van der Waals surface area contributed by atoms with Gasteiger partial charge in [0.15, 0.2) is 11.9 Å². The van der Waals surface area contributed by atoms with Crippen molar-refractivity contribution in [3.8, 4) is 5.75 Å². The second kappa shape index (κ2) is 27.8. The van der Waals surface area contributed by atoms with E-state index in [1.54, 1.807) is 12.1 Å². The molecule has 0 aliphatic heterocycles. The lowest BCUT2D eigenvalue weighted by Gasteiger charge is -2.26. The Morgan fingerprint density at radius 3 is 1.46 bits per heavy atom. The quantitative estimate of drug-likeness (QED) is 0.0207. The first-order chi connectivity index (χ1) is 27.1. The van der Waals surface area contributed by atoms with Gasteiger partial charge in [0.1, 0.15) is 29.9 Å². The molecule has 0 radical (unpaired) electrons. The Morgan fingerprint density at radius 2 is 1.02 bits per heavy atom. The summed E-state index contributed by atoms with van der Waals surface area (Å²) in [6.45, 7) is 0.362. The predicted molar refractivity (Wildman–Crippen MR) is 214 cm³/mol. The highest BCUT2D eigenvalue weighted by molar-refractivity contribution is 5.95. The van der Waals surface area contributed by atoms with Crippen LogP contribution in [0.15, 0.2) is 34.3 Å². The Morgan fingerprint density at radius 1 is 0.596 bits per heavy atom. The van der Waals surface area contributed by atoms with Gasteiger partial charge in [-0.1, -0.05) is 12.1 Å². The van der Waals surface area contributed by atoms with Gasteiger partial charge in [0, 0.05) is 13.1 Å². The molecule has 0 saturated heterocycles. The molecule has 21 N–H and O–H groups in total. The third kappa shape index (κ3) is 21.8. The normalized spacial score (nSPS) is 13.4. The molecule has 22 nitrogen and oxygen atoms in total. The molecule has 0 bridgehead atoms. The Bertz CT molecular complexity index is 1490. The van der Waals surface area contributed by atoms with Crippen molar-refractivity contribution in [2.24, 2.45) is 50.1 Å². The lowest BCUT2D eigenvalue weighted by Crippen LogP contribution is -2.58. The summed E-state index contributed by atoms with van der Waals surface area (Å²) in [5.41, 5.74) is 39.5. The number of aliphatic imine (C=N–C) groups is 2. The summed E-state index contributed by atoms with van der Waals surface area (Å²) in [6, 6.07) is 0.219. The molecular weight excluding hydrogens is 744 g/mol. The second-order valence-electron chi connectivity index (χ2n) is 13.3. The number of phenols is 1. The lowest BCUT2D eigenvalue weighted by atomic mass is 10.0. The molecule has 57 heavy (non-hydrogen) atoms. The van der Waals surface area contributed by atoms with Crippen molar-refractivity contribution >= 4 is 47.4 Å². The highest BCUT2D eigenvalue weighted by atomic mass is 16.4. The Hall–Kier alpha value is -5.74. The van der Waals surface area contributed by atoms with Gasteiger partial charge in [-0.15, -0.1) is 0 Å². The van der Waals surface area contributed by atoms with E-state index in [0.717, 1.165) is 0 Å². The topological polar surface area (TPSA) is 410 Å². The number of hydrogen-bond donors (Lipinski definition) is 14. The fraction of sp³-hybridized carbons (Fsp3) is 0.600. The standard InChI is InChI=1S/C35H62N14O8/c36-15-3-1-7-25(31(54)48-26(8-2-4-16-37)32(55)49-27(33(56)57)10-6-18-44-35(41)42)47-30(53)24(9-5-17-43-34(39)40)46-28(51)20-45-29(52)23(38)19-21-11-13-22(50)14-12-21/h11-14,23-27,50H,1-10,15-20,36-38H2,(H,45,52)(H,46,51)(H,47,53)(H,48,54)(H,49,55)(H,56,57)(H4,39,40,43)(H4,41,42,44)/t23-,24-,25-,26-,27-/m0/s1. The average molecular weight is 807 g/mol. The summed E-state index contributed by atoms with van der Waals surface area (Å²) >= 11 is 0. The number of guanidine groups is 2. The first-order valence-corrected chi connectivity index (χ1v) is 18.8. The van der Waals surface area contributed by atoms with Crippen LogP contribution in [0.5, 0.6) is 5.75 Å². The van der Waals surface area contributed by atoms with Gasteiger partial charge in [0.2, 0.25) is 29.5 Å². The number of carboxylic acid groups (broad SMARTS) is 1. The Labute approximate surface area is 331 Å². The molecular formula is C35H62N14O8. The highest BCUT2D eigenvalue weighted by Gasteiger charge is 2.31. The number of carboxylic acids is 1. The number of nitrogens with two attached hydrogens (primary N) is 7. The van der Waals surface area contributed by atoms with E-state index in [-0.39, 0.29) is 75.7 Å². The van der Waals surface area contributed by atoms with Crippen molar-refractivity contribution < 1.29 is 39.0 Å². The summed E-state index contributed by atoms with van der Waals surface area (Å²) in [4.78, 5) is 86.2. The molecule has 0 aliphatic rings. The van der Waals surface area contributed by atoms with Gasteiger partial charge >= 0.3 is 5.97 Å². The molecule has 0 aromatic heterocycles. The predicted octanol–water partition coefficient (Wildman–Crippen LogP) is -4.23. The number of rotatable bonds is 29. The van der Waals surface area contributed by atoms with Crippen LogP contribution < -0.4 is 66.7 Å². The van der Waals surface area contributed by atoms with Crippen molar-refractivity contribution in [2.75, 3.05) is 32.7 Å². The first kappa shape index (κ1) is 49.3. The van der Waals surface area contributed by atoms with E-state index in [2.05, 4.69) is 36.6 Å². The van der Waals surface area contributed by atoms with Crippen LogP contribution in [0.25, 0.3) is 0 Å². The summed E-state index contributed by atoms with van der Waals surface area (Å²) in [7, 11) is 0. The minimum absolute atomic E-state index is 0.00563. The summed E-state index contributed by atoms with van der Waals surface area (Å²) in [6.07, 6.45) is 2.74. The molecule has 1 rings (SSSR count). The highest BCUT2D eigenvalue weighted by Crippen LogP contribution is 2.11. The van der Waals surface area contributed by atoms with Crippen molar-refractivity contribution in [3.05, 3.63) is 29.8 Å². The van der Waals surface area contributed by atoms with Gasteiger partial charge < -0.3 is 76.9 Å². The van der Waals surface area contributed by atoms with Gasteiger partial charge in [0.05, 0.1) is 12.6 Å². The van der Waals surface area contributed by atoms with E-state index < -0.39 is 72.3 Å². The molecule has 1 aromatic rings. The van der Waals surface area contributed by atoms with Crippen LogP contribution in [-0.2, 0) is 35.2 Å². The zero-order chi connectivity index (χ0) is 42.8. The second-order valence-corrected chi connectivity index (χ2v) is 13.3. The first-order valence-electron chi connectivity index (χ1n) is 18.8. The number of benzene rings is 1. The van der Waals surface area contributed by atoms with Crippen LogP contribution in [0.1, 0.15) is 69.8 Å². The van der Waals surface area contributed by atoms with Crippen molar-refractivity contribution in [2.45, 2.75) is 101 Å². The zero-order valence-electron chi connectivity index (χ0n) is 32.3. The van der Waals surface area contributed by atoms with Gasteiger partial charge in [0.25, 0.3) is 0 Å². The van der Waals surface area contributed by atoms with Gasteiger partial charge in [-0.2, -0.15) is 0 Å². The monoisotopic (exact) mass is 806 g/mol. The summed E-state index contributed by atoms with van der Waals surface area (Å²) in [5.74, 6) is -5.15. The SMILES string of the molecule is NCCCC[C@H](NC(=O)[C@H](CCCCN)NC(=O)[C@H](CCCN=C(N)N)NC(=O)CNC(=O)[C@@H](N)Cc1ccc(O)cc1)C(=O)N[C@@H](CCCN=C(N)N)C(=O)O. The summed E-state index contributed by atoms with van der Waals surface area (Å²) in [5, 5.41) is 32.0. The van der Waals surface area contributed by atoms with E-state index in [9.17, 15) is 39.0 Å². The van der Waals surface area contributed by atoms with Crippen LogP contribution >= 0.6 is 0 Å². The van der Waals surface area contributed by atoms with Crippen molar-refractivity contribution in [1.82, 2.24) is 26.6 Å². The summed E-state index contributed by atoms with van der Waals surface area (Å²) < 4.78 is 0. The van der Waals surface area contributed by atoms with Crippen molar-refractivity contribution in [1.29, 1.82) is 0 Å². The van der Waals surface area contributed by atoms with Crippen molar-refractivity contribution in [3.63, 3.8) is 0 Å². The number of aromatic hydroxyl groups is 1. The third-order valence-corrected chi connectivity index (χ3v) is 8.47. The van der Waals surface area contributed by atoms with Crippen LogP contribution in [0.2, 0.25) is 0 Å². The largest absolute Gasteiger partial charge is 0.508 e. The maximum atomic E-state index is 13.8. The number of nitrogens with zero attached hydrogens (tertiary/aromatic N) is 2. The molecule has 5 amide bonds. The maximum absolute atomic E-state index is 13.8. The molecule has 0 fully saturated rings. The molecule has 320 valence electrons. The maximum Gasteiger partial charge on any atom is 0.326 e. The third-order valence-electron chi connectivity index (χ3n) is 8.47. The molecule has 0 heterocycles. The molecule has 22 heteroatoms. The molecule has 0 saturated carbocycles. The fourth-order valence-electron chi connectivity index (χ4n) is 5.40. The molecule has 0 spiro atoms. The van der Waals surface area contributed by atoms with Crippen LogP contribution in [0.4, 0.5) is 0 Å². The number of hydrogen-bond acceptors (Lipinski definition) is 12. The number of carbonyl (C=O) groups is 6. The molecule has 1 aromatic carbocycles. The number of aliphatic carboxylic acids is 1. The van der Waals surface area contributed by atoms with E-state index in [4.69, 9.17) is 40.1 Å². The number of unbranched alkanes of at least 4 members (excludes halogenated alkanes) is 2. The number of phenolic OH excluding ortho intramolecular Hbond substituents is 1. The smallest absolute Gasteiger partial charge is 0.326 e. The van der Waals surface area contributed by atoms with Gasteiger partial charge in [-0.25, -0.2) is 4.79 Å². The minimum Gasteiger partial charge on any atom is -0.508 e. The lowest BCUT2D eigenvalue weighted by molar-refractivity contribution is -0.142. The molecule has 0 unspecified atom stereocenters. The van der Waals surface area contributed by atoms with Crippen LogP contribution in [0, 0.1) is 0 Å². The molecule has 0 aliphatic carbocycles. The number of nitrogens with one attached hydrogen (secondary N) is 5. The number of carbonyl (C=O) groups excluding carboxylic acids is 5. The van der Waals surface area contributed by atoms with Crippen LogP contribution in [-0.4, -0.2) is 121 Å². The molecule has 5 atom stereocenters. The van der Waals surface area contributed by atoms with Gasteiger partial charge in [-0.3, -0.25) is 34.0 Å². The van der Waals surface area contributed by atoms with E-state index in [1.165, 1.54) is 12.1 Å². The Balaban J connectivity index is 3.14. The van der Waals surface area contributed by atoms with E-state index in [1.807, 2.05) is 0 Å². The van der Waals surface area contributed by atoms with Gasteiger partial charge in [-0.05, 0) is 101 Å². The Kier molecular flexibility index (Phi) is 24.0.